The van der Waals surface area contributed by atoms with Gasteiger partial charge in [0.2, 0.25) is 0 Å². The van der Waals surface area contributed by atoms with Crippen molar-refractivity contribution >= 4 is 17.6 Å². The number of phenolic OH excluding ortho intramolecular Hbond substituents is 1. The first kappa shape index (κ1) is 22.3. The Morgan fingerprint density at radius 1 is 1.17 bits per heavy atom. The van der Waals surface area contributed by atoms with E-state index in [1.807, 2.05) is 54.6 Å². The molecule has 0 spiro atoms. The van der Waals surface area contributed by atoms with Crippen molar-refractivity contribution in [2.75, 3.05) is 11.9 Å². The second-order valence-electron chi connectivity index (χ2n) is 8.59. The highest BCUT2D eigenvalue weighted by molar-refractivity contribution is 6.00. The molecule has 35 heavy (non-hydrogen) atoms. The summed E-state index contributed by atoms with van der Waals surface area (Å²) < 4.78 is 11.0. The number of cyclic esters (lactones) is 1. The summed E-state index contributed by atoms with van der Waals surface area (Å²) >= 11 is 0. The molecule has 1 fully saturated rings. The molecule has 1 saturated heterocycles. The van der Waals surface area contributed by atoms with Gasteiger partial charge in [-0.15, -0.1) is 0 Å². The number of phenols is 1. The fourth-order valence-electron chi connectivity index (χ4n) is 4.41. The number of aromatic hydroxyl groups is 1. The van der Waals surface area contributed by atoms with Gasteiger partial charge in [-0.1, -0.05) is 42.5 Å². The van der Waals surface area contributed by atoms with Crippen LogP contribution in [0.1, 0.15) is 39.0 Å². The summed E-state index contributed by atoms with van der Waals surface area (Å²) in [6.07, 6.45) is 0.299. The van der Waals surface area contributed by atoms with E-state index < -0.39 is 5.91 Å². The lowest BCUT2D eigenvalue weighted by atomic mass is 10.1. The van der Waals surface area contributed by atoms with Crippen LogP contribution < -0.4 is 10.1 Å². The van der Waals surface area contributed by atoms with Gasteiger partial charge in [0.1, 0.15) is 30.3 Å². The van der Waals surface area contributed by atoms with Crippen LogP contribution >= 0.6 is 0 Å². The molecule has 1 unspecified atom stereocenters. The molecule has 3 aromatic rings. The summed E-state index contributed by atoms with van der Waals surface area (Å²) in [4.78, 5) is 26.7. The van der Waals surface area contributed by atoms with E-state index in [1.54, 1.807) is 4.90 Å². The van der Waals surface area contributed by atoms with Gasteiger partial charge in [0.25, 0.3) is 5.91 Å². The fraction of sp³-hybridized carbons (Fsp3) is 0.222. The van der Waals surface area contributed by atoms with E-state index in [2.05, 4.69) is 5.32 Å². The third-order valence-corrected chi connectivity index (χ3v) is 6.15. The number of nitriles is 1. The lowest BCUT2D eigenvalue weighted by molar-refractivity contribution is -0.137. The van der Waals surface area contributed by atoms with Crippen molar-refractivity contribution in [1.82, 2.24) is 4.90 Å². The van der Waals surface area contributed by atoms with Gasteiger partial charge in [0, 0.05) is 18.8 Å². The van der Waals surface area contributed by atoms with Crippen LogP contribution in [-0.4, -0.2) is 34.5 Å². The number of ether oxygens (including phenoxy) is 2. The summed E-state index contributed by atoms with van der Waals surface area (Å²) in [6, 6.07) is 19.9. The zero-order valence-corrected chi connectivity index (χ0v) is 18.9. The number of carbonyl (C=O) groups is 2. The lowest BCUT2D eigenvalue weighted by Gasteiger charge is -2.20. The Bertz CT molecular complexity index is 1330. The number of nitrogens with one attached hydrogen (secondary N) is 1. The van der Waals surface area contributed by atoms with Gasteiger partial charge in [-0.2, -0.15) is 5.26 Å². The second-order valence-corrected chi connectivity index (χ2v) is 8.59. The van der Waals surface area contributed by atoms with Crippen LogP contribution in [0.2, 0.25) is 0 Å². The predicted octanol–water partition coefficient (Wildman–Crippen LogP) is 3.73. The fourth-order valence-corrected chi connectivity index (χ4v) is 4.41. The molecule has 0 aromatic heterocycles. The minimum atomic E-state index is -0.392. The molecule has 2 aliphatic rings. The molecule has 176 valence electrons. The smallest absolute Gasteiger partial charge is 0.308 e. The first-order valence-electron chi connectivity index (χ1n) is 11.3. The van der Waals surface area contributed by atoms with Crippen LogP contribution in [-0.2, 0) is 29.2 Å². The topological polar surface area (TPSA) is 112 Å². The monoisotopic (exact) mass is 469 g/mol. The first-order chi connectivity index (χ1) is 17.0. The Labute approximate surface area is 202 Å². The standard InChI is InChI=1S/C27H23N3O5/c28-12-18-9-23(31)26(24(10-18)34-15-17-5-2-1-3-6-17)27(33)30-13-19-7-4-8-22(21(19)14-30)29-20-11-25(32)35-16-20/h1-10,20,29,31H,11,13-16H2. The number of nitrogens with zero attached hydrogens (tertiary/aromatic N) is 2. The largest absolute Gasteiger partial charge is 0.507 e. The zero-order chi connectivity index (χ0) is 24.4. The van der Waals surface area contributed by atoms with Crippen molar-refractivity contribution in [3.63, 3.8) is 0 Å². The van der Waals surface area contributed by atoms with Crippen molar-refractivity contribution in [3.05, 3.63) is 88.5 Å². The van der Waals surface area contributed by atoms with Crippen LogP contribution in [0.4, 0.5) is 5.69 Å². The van der Waals surface area contributed by atoms with Crippen molar-refractivity contribution in [1.29, 1.82) is 5.26 Å². The maximum Gasteiger partial charge on any atom is 0.308 e. The van der Waals surface area contributed by atoms with E-state index in [9.17, 15) is 20.0 Å². The molecule has 2 N–H and O–H groups in total. The van der Waals surface area contributed by atoms with Crippen LogP contribution in [0, 0.1) is 11.3 Å². The average Bonchev–Trinajstić information content (AvgIpc) is 3.49. The molecule has 1 atom stereocenters. The molecule has 3 aromatic carbocycles. The maximum absolute atomic E-state index is 13.6. The maximum atomic E-state index is 13.6. The molecule has 0 bridgehead atoms. The summed E-state index contributed by atoms with van der Waals surface area (Å²) in [5.41, 5.74) is 3.91. The summed E-state index contributed by atoms with van der Waals surface area (Å²) in [5.74, 6) is -0.762. The molecule has 2 heterocycles. The molecule has 1 amide bonds. The SMILES string of the molecule is N#Cc1cc(O)c(C(=O)N2Cc3cccc(NC4COC(=O)C4)c3C2)c(OCc2ccccc2)c1. The second kappa shape index (κ2) is 9.39. The zero-order valence-electron chi connectivity index (χ0n) is 18.9. The highest BCUT2D eigenvalue weighted by atomic mass is 16.5. The van der Waals surface area contributed by atoms with Gasteiger partial charge < -0.3 is 24.8 Å². The van der Waals surface area contributed by atoms with E-state index in [4.69, 9.17) is 9.47 Å². The van der Waals surface area contributed by atoms with Crippen LogP contribution in [0.3, 0.4) is 0 Å². The third kappa shape index (κ3) is 4.62. The van der Waals surface area contributed by atoms with Gasteiger partial charge in [-0.3, -0.25) is 9.59 Å². The number of benzene rings is 3. The Balaban J connectivity index is 1.39. The minimum Gasteiger partial charge on any atom is -0.507 e. The molecule has 8 nitrogen and oxygen atoms in total. The number of anilines is 1. The van der Waals surface area contributed by atoms with E-state index in [0.717, 1.165) is 22.4 Å². The van der Waals surface area contributed by atoms with Crippen LogP contribution in [0.15, 0.2) is 60.7 Å². The number of hydrogen-bond acceptors (Lipinski definition) is 7. The van der Waals surface area contributed by atoms with E-state index in [0.29, 0.717) is 26.1 Å². The summed E-state index contributed by atoms with van der Waals surface area (Å²) in [6.45, 7) is 1.19. The Morgan fingerprint density at radius 3 is 2.74 bits per heavy atom. The quantitative estimate of drug-likeness (QED) is 0.529. The van der Waals surface area contributed by atoms with Crippen LogP contribution in [0.5, 0.6) is 11.5 Å². The molecular formula is C27H23N3O5. The van der Waals surface area contributed by atoms with E-state index in [1.165, 1.54) is 12.1 Å². The third-order valence-electron chi connectivity index (χ3n) is 6.15. The predicted molar refractivity (Wildman–Crippen MR) is 127 cm³/mol. The molecule has 0 radical (unpaired) electrons. The molecule has 2 aliphatic heterocycles. The molecule has 8 heteroatoms. The lowest BCUT2D eigenvalue weighted by Crippen LogP contribution is -2.26. The van der Waals surface area contributed by atoms with Gasteiger partial charge in [-0.05, 0) is 34.9 Å². The van der Waals surface area contributed by atoms with E-state index >= 15 is 0 Å². The number of esters is 1. The van der Waals surface area contributed by atoms with Crippen molar-refractivity contribution < 1.29 is 24.2 Å². The number of carbonyl (C=O) groups excluding carboxylic acids is 2. The number of amides is 1. The number of fused-ring (bicyclic) bond motifs is 1. The van der Waals surface area contributed by atoms with Crippen molar-refractivity contribution in [2.45, 2.75) is 32.2 Å². The van der Waals surface area contributed by atoms with Gasteiger partial charge in [0.15, 0.2) is 0 Å². The van der Waals surface area contributed by atoms with Gasteiger partial charge >= 0.3 is 5.97 Å². The minimum absolute atomic E-state index is 0.0250. The highest BCUT2D eigenvalue weighted by Gasteiger charge is 2.31. The number of hydrogen-bond donors (Lipinski definition) is 2. The molecule has 0 saturated carbocycles. The van der Waals surface area contributed by atoms with Gasteiger partial charge in [-0.25, -0.2) is 0 Å². The van der Waals surface area contributed by atoms with E-state index in [-0.39, 0.29) is 41.2 Å². The number of rotatable bonds is 6. The Morgan fingerprint density at radius 2 is 2.00 bits per heavy atom. The summed E-state index contributed by atoms with van der Waals surface area (Å²) in [7, 11) is 0. The highest BCUT2D eigenvalue weighted by Crippen LogP contribution is 2.36. The molecule has 5 rings (SSSR count). The van der Waals surface area contributed by atoms with Crippen molar-refractivity contribution in [3.8, 4) is 17.6 Å². The molecule has 0 aliphatic carbocycles. The van der Waals surface area contributed by atoms with Crippen molar-refractivity contribution in [2.24, 2.45) is 0 Å². The Kier molecular flexibility index (Phi) is 5.98. The molecular weight excluding hydrogens is 446 g/mol. The van der Waals surface area contributed by atoms with Crippen LogP contribution in [0.25, 0.3) is 0 Å². The Hall–Kier alpha value is -4.51. The van der Waals surface area contributed by atoms with Gasteiger partial charge in [0.05, 0.1) is 24.1 Å². The first-order valence-corrected chi connectivity index (χ1v) is 11.3. The summed E-state index contributed by atoms with van der Waals surface area (Å²) in [5, 5.41) is 23.4. The average molecular weight is 469 g/mol. The normalized spacial score (nSPS) is 16.4.